The topological polar surface area (TPSA) is 96.6 Å². The van der Waals surface area contributed by atoms with Gasteiger partial charge in [0.2, 0.25) is 29.5 Å². The van der Waals surface area contributed by atoms with E-state index >= 15 is 0 Å². The highest BCUT2D eigenvalue weighted by atomic mass is 32.1. The molecule has 2 aromatic rings. The summed E-state index contributed by atoms with van der Waals surface area (Å²) in [6.45, 7) is 0.895. The number of nitrogens with zero attached hydrogens (tertiary/aromatic N) is 4. The van der Waals surface area contributed by atoms with Crippen molar-refractivity contribution in [2.45, 2.75) is 31.6 Å². The van der Waals surface area contributed by atoms with E-state index in [0.29, 0.717) is 24.9 Å². The smallest absolute Gasteiger partial charge is 0.248 e. The van der Waals surface area contributed by atoms with E-state index in [4.69, 9.17) is 4.42 Å². The average molecular weight is 374 g/mol. The largest absolute Gasteiger partial charge is 0.420 e. The molecule has 4 heterocycles. The van der Waals surface area contributed by atoms with Crippen LogP contribution in [-0.2, 0) is 14.4 Å². The van der Waals surface area contributed by atoms with Gasteiger partial charge in [0.05, 0.1) is 5.92 Å². The molecule has 0 saturated carbocycles. The molecule has 0 aromatic carbocycles. The zero-order valence-corrected chi connectivity index (χ0v) is 14.9. The lowest BCUT2D eigenvalue weighted by molar-refractivity contribution is -0.146. The molecule has 0 N–H and O–H groups in total. The molecule has 9 heteroatoms. The van der Waals surface area contributed by atoms with E-state index in [2.05, 4.69) is 10.2 Å². The SMILES string of the molecule is O=C(CN1C(=O)CCC1=O)N1CCC[C@@H](c2nnc(-c3ccsc3)o2)C1. The minimum Gasteiger partial charge on any atom is -0.420 e. The van der Waals surface area contributed by atoms with Gasteiger partial charge in [0.1, 0.15) is 6.54 Å². The number of likely N-dealkylation sites (tertiary alicyclic amines) is 2. The summed E-state index contributed by atoms with van der Waals surface area (Å²) < 4.78 is 5.79. The normalized spacial score (nSPS) is 20.8. The van der Waals surface area contributed by atoms with Gasteiger partial charge < -0.3 is 9.32 Å². The van der Waals surface area contributed by atoms with Gasteiger partial charge in [0.15, 0.2) is 0 Å². The Labute approximate surface area is 153 Å². The highest BCUT2D eigenvalue weighted by molar-refractivity contribution is 7.08. The van der Waals surface area contributed by atoms with Crippen molar-refractivity contribution in [3.05, 3.63) is 22.7 Å². The van der Waals surface area contributed by atoms with Crippen LogP contribution in [0.1, 0.15) is 37.5 Å². The Balaban J connectivity index is 1.42. The van der Waals surface area contributed by atoms with Gasteiger partial charge in [-0.2, -0.15) is 11.3 Å². The molecule has 4 rings (SSSR count). The third-order valence-electron chi connectivity index (χ3n) is 4.78. The second-order valence-corrected chi connectivity index (χ2v) is 7.29. The maximum Gasteiger partial charge on any atom is 0.248 e. The fourth-order valence-corrected chi connectivity index (χ4v) is 3.97. The van der Waals surface area contributed by atoms with Crippen LogP contribution in [0.3, 0.4) is 0 Å². The first kappa shape index (κ1) is 16.9. The van der Waals surface area contributed by atoms with Gasteiger partial charge in [0.25, 0.3) is 0 Å². The van der Waals surface area contributed by atoms with Crippen molar-refractivity contribution in [3.8, 4) is 11.5 Å². The van der Waals surface area contributed by atoms with E-state index in [1.54, 1.807) is 16.2 Å². The Kier molecular flexibility index (Phi) is 4.54. The minimum atomic E-state index is -0.269. The summed E-state index contributed by atoms with van der Waals surface area (Å²) in [5.74, 6) is 0.229. The van der Waals surface area contributed by atoms with E-state index in [-0.39, 0.29) is 43.0 Å². The van der Waals surface area contributed by atoms with Crippen LogP contribution in [-0.4, -0.2) is 57.4 Å². The fraction of sp³-hybridized carbons (Fsp3) is 0.471. The predicted molar refractivity (Wildman–Crippen MR) is 92.1 cm³/mol. The van der Waals surface area contributed by atoms with Crippen LogP contribution in [0.4, 0.5) is 0 Å². The molecule has 2 fully saturated rings. The monoisotopic (exact) mass is 374 g/mol. The van der Waals surface area contributed by atoms with Crippen molar-refractivity contribution < 1.29 is 18.8 Å². The first-order valence-corrected chi connectivity index (χ1v) is 9.53. The quantitative estimate of drug-likeness (QED) is 0.755. The van der Waals surface area contributed by atoms with Crippen molar-refractivity contribution in [2.24, 2.45) is 0 Å². The molecular formula is C17H18N4O4S. The van der Waals surface area contributed by atoms with Crippen LogP contribution in [0.25, 0.3) is 11.5 Å². The first-order chi connectivity index (χ1) is 12.6. The molecule has 0 aliphatic carbocycles. The predicted octanol–water partition coefficient (Wildman–Crippen LogP) is 1.65. The molecule has 0 unspecified atom stereocenters. The Bertz CT molecular complexity index is 816. The lowest BCUT2D eigenvalue weighted by Gasteiger charge is -2.32. The molecule has 26 heavy (non-hydrogen) atoms. The van der Waals surface area contributed by atoms with Crippen molar-refractivity contribution in [3.63, 3.8) is 0 Å². The lowest BCUT2D eigenvalue weighted by Crippen LogP contribution is -2.46. The molecule has 0 radical (unpaired) electrons. The van der Waals surface area contributed by atoms with Crippen LogP contribution >= 0.6 is 11.3 Å². The number of amides is 3. The van der Waals surface area contributed by atoms with Crippen LogP contribution in [0.2, 0.25) is 0 Å². The highest BCUT2D eigenvalue weighted by Crippen LogP contribution is 2.29. The minimum absolute atomic E-state index is 0.0300. The van der Waals surface area contributed by atoms with Gasteiger partial charge >= 0.3 is 0 Å². The van der Waals surface area contributed by atoms with Gasteiger partial charge in [-0.25, -0.2) is 0 Å². The Morgan fingerprint density at radius 3 is 2.81 bits per heavy atom. The van der Waals surface area contributed by atoms with Crippen molar-refractivity contribution in [1.29, 1.82) is 0 Å². The first-order valence-electron chi connectivity index (χ1n) is 8.59. The van der Waals surface area contributed by atoms with E-state index in [9.17, 15) is 14.4 Å². The fourth-order valence-electron chi connectivity index (χ4n) is 3.34. The van der Waals surface area contributed by atoms with E-state index in [0.717, 1.165) is 23.3 Å². The van der Waals surface area contributed by atoms with E-state index < -0.39 is 0 Å². The molecule has 0 spiro atoms. The van der Waals surface area contributed by atoms with Crippen molar-refractivity contribution in [1.82, 2.24) is 20.0 Å². The molecule has 2 saturated heterocycles. The standard InChI is InChI=1S/C17H18N4O4S/c22-13-3-4-14(23)21(13)9-15(24)20-6-1-2-11(8-20)16-18-19-17(25-16)12-5-7-26-10-12/h5,7,10-11H,1-4,6,8-9H2/t11-/m1/s1. The maximum atomic E-state index is 12.5. The second-order valence-electron chi connectivity index (χ2n) is 6.51. The van der Waals surface area contributed by atoms with Crippen LogP contribution < -0.4 is 0 Å². The summed E-state index contributed by atoms with van der Waals surface area (Å²) in [7, 11) is 0. The van der Waals surface area contributed by atoms with E-state index in [1.807, 2.05) is 16.8 Å². The summed E-state index contributed by atoms with van der Waals surface area (Å²) in [6.07, 6.45) is 2.06. The third kappa shape index (κ3) is 3.26. The Hall–Kier alpha value is -2.55. The van der Waals surface area contributed by atoms with Crippen LogP contribution in [0.15, 0.2) is 21.2 Å². The Morgan fingerprint density at radius 1 is 1.27 bits per heavy atom. The van der Waals surface area contributed by atoms with Crippen LogP contribution in [0, 0.1) is 0 Å². The summed E-state index contributed by atoms with van der Waals surface area (Å²) in [6, 6.07) is 1.92. The summed E-state index contributed by atoms with van der Waals surface area (Å²) in [5, 5.41) is 12.1. The zero-order valence-electron chi connectivity index (χ0n) is 14.1. The molecule has 2 aromatic heterocycles. The number of hydrogen-bond donors (Lipinski definition) is 0. The van der Waals surface area contributed by atoms with E-state index in [1.165, 1.54) is 0 Å². The zero-order chi connectivity index (χ0) is 18.1. The number of rotatable bonds is 4. The molecule has 2 aliphatic rings. The number of carbonyl (C=O) groups excluding carboxylic acids is 3. The van der Waals surface area contributed by atoms with Crippen molar-refractivity contribution in [2.75, 3.05) is 19.6 Å². The average Bonchev–Trinajstić information content (AvgIpc) is 3.39. The van der Waals surface area contributed by atoms with Gasteiger partial charge in [0, 0.05) is 36.9 Å². The number of imide groups is 1. The van der Waals surface area contributed by atoms with Gasteiger partial charge in [-0.05, 0) is 24.3 Å². The molecule has 136 valence electrons. The molecule has 3 amide bonds. The number of piperidine rings is 1. The maximum absolute atomic E-state index is 12.5. The second kappa shape index (κ2) is 6.99. The number of aromatic nitrogens is 2. The molecule has 0 bridgehead atoms. The van der Waals surface area contributed by atoms with Crippen molar-refractivity contribution >= 4 is 29.1 Å². The lowest BCUT2D eigenvalue weighted by atomic mass is 9.98. The number of carbonyl (C=O) groups is 3. The number of hydrogen-bond acceptors (Lipinski definition) is 7. The Morgan fingerprint density at radius 2 is 2.08 bits per heavy atom. The molecule has 8 nitrogen and oxygen atoms in total. The number of thiophene rings is 1. The van der Waals surface area contributed by atoms with Gasteiger partial charge in [-0.3, -0.25) is 19.3 Å². The highest BCUT2D eigenvalue weighted by Gasteiger charge is 2.34. The molecule has 2 aliphatic heterocycles. The molecular weight excluding hydrogens is 356 g/mol. The third-order valence-corrected chi connectivity index (χ3v) is 5.46. The summed E-state index contributed by atoms with van der Waals surface area (Å²) in [5.41, 5.74) is 0.892. The van der Waals surface area contributed by atoms with Crippen LogP contribution in [0.5, 0.6) is 0 Å². The van der Waals surface area contributed by atoms with Gasteiger partial charge in [-0.15, -0.1) is 10.2 Å². The summed E-state index contributed by atoms with van der Waals surface area (Å²) >= 11 is 1.56. The summed E-state index contributed by atoms with van der Waals surface area (Å²) in [4.78, 5) is 38.7. The van der Waals surface area contributed by atoms with Gasteiger partial charge in [-0.1, -0.05) is 0 Å². The molecule has 1 atom stereocenters.